The van der Waals surface area contributed by atoms with Crippen LogP contribution in [0.1, 0.15) is 85.1 Å². The number of ether oxygens (including phenoxy) is 4. The van der Waals surface area contributed by atoms with Crippen LogP contribution in [-0.4, -0.2) is 87.0 Å². The minimum atomic E-state index is -2.14. The first-order valence-corrected chi connectivity index (χ1v) is 16.5. The molecule has 5 bridgehead atoms. The quantitative estimate of drug-likeness (QED) is 0.286. The van der Waals surface area contributed by atoms with E-state index in [1.54, 1.807) is 33.8 Å². The zero-order chi connectivity index (χ0) is 38.1. The summed E-state index contributed by atoms with van der Waals surface area (Å²) in [5.41, 5.74) is -2.16. The Bertz CT molecular complexity index is 1740. The Morgan fingerprint density at radius 3 is 2.25 bits per heavy atom. The van der Waals surface area contributed by atoms with E-state index in [1.165, 1.54) is 46.1 Å². The number of amides is 1. The Morgan fingerprint density at radius 2 is 1.65 bits per heavy atom. The van der Waals surface area contributed by atoms with Gasteiger partial charge in [0.1, 0.15) is 17.6 Å². The number of aliphatic hydroxyl groups is 3. The van der Waals surface area contributed by atoms with E-state index in [4.69, 9.17) is 18.9 Å². The van der Waals surface area contributed by atoms with Crippen molar-refractivity contribution in [3.63, 3.8) is 0 Å². The highest BCUT2D eigenvalue weighted by Gasteiger charge is 2.52. The number of methoxy groups -OCH3 is 1. The second-order valence-electron chi connectivity index (χ2n) is 13.4. The van der Waals surface area contributed by atoms with Crippen molar-refractivity contribution in [1.29, 1.82) is 0 Å². The fraction of sp³-hybridized carbons (Fsp3) is 0.486. The van der Waals surface area contributed by atoms with Crippen LogP contribution >= 0.6 is 0 Å². The van der Waals surface area contributed by atoms with Crippen molar-refractivity contribution in [3.8, 4) is 11.5 Å². The van der Waals surface area contributed by atoms with Crippen molar-refractivity contribution in [1.82, 2.24) is 5.32 Å². The van der Waals surface area contributed by atoms with Crippen LogP contribution in [0.15, 0.2) is 47.9 Å². The van der Waals surface area contributed by atoms with Gasteiger partial charge in [-0.15, -0.1) is 0 Å². The SMILES string of the molecule is CO[C@H]1/C=C/O[C@@]2(C)Oc3c(CO)c(O)c4c(c3C2=O)C(=O)C=C(NC(=O)/C(C)=C\C=C\[C@@H](C)[C@H](O)[C@@H](C)[C@@H](O)[C@@H](C)[C@H](OC(C)=O)[C@@H]1C)C4=O. The molecule has 0 fully saturated rings. The third kappa shape index (κ3) is 7.40. The molecule has 3 heterocycles. The van der Waals surface area contributed by atoms with Crippen LogP contribution in [0, 0.1) is 23.7 Å². The van der Waals surface area contributed by atoms with E-state index >= 15 is 0 Å². The van der Waals surface area contributed by atoms with Crippen molar-refractivity contribution in [3.05, 3.63) is 70.2 Å². The Labute approximate surface area is 295 Å². The molecule has 5 N–H and O–H groups in total. The van der Waals surface area contributed by atoms with E-state index in [9.17, 15) is 44.4 Å². The van der Waals surface area contributed by atoms with Gasteiger partial charge in [0, 0.05) is 56.3 Å². The Balaban J connectivity index is 1.85. The first-order valence-electron chi connectivity index (χ1n) is 16.5. The van der Waals surface area contributed by atoms with E-state index in [-0.39, 0.29) is 16.9 Å². The number of nitrogens with one attached hydrogen (secondary N) is 1. The highest BCUT2D eigenvalue weighted by atomic mass is 16.7. The van der Waals surface area contributed by atoms with Gasteiger partial charge in [-0.05, 0) is 13.0 Å². The van der Waals surface area contributed by atoms with Gasteiger partial charge in [0.25, 0.3) is 11.7 Å². The number of aromatic hydroxyl groups is 1. The second-order valence-corrected chi connectivity index (χ2v) is 13.4. The zero-order valence-electron chi connectivity index (χ0n) is 29.8. The third-order valence-corrected chi connectivity index (χ3v) is 9.82. The molecule has 1 aromatic carbocycles. The van der Waals surface area contributed by atoms with Crippen LogP contribution in [0.5, 0.6) is 11.5 Å². The standard InChI is InChI=1S/C37H45NO13/c1-16-10-9-11-17(2)36(47)38-23-14-24(41)26-27(32(23)45)31(44)22(15-39)34-28(26)35(46)37(7,51-34)49-13-12-25(48-8)18(3)33(50-21(6)40)20(5)30(43)19(4)29(16)42/h9-14,16,18-20,25,29-30,33,39,42-44H,15H2,1-8H3,(H,38,47)/b10-9+,13-12+,17-11-/t16-,18-,19-,20-,25+,29+,30-,33-,37+/m1/s1. The number of aliphatic hydroxyl groups excluding tert-OH is 3. The van der Waals surface area contributed by atoms with Crippen molar-refractivity contribution >= 4 is 29.2 Å². The average Bonchev–Trinajstić information content (AvgIpc) is 3.34. The monoisotopic (exact) mass is 711 g/mol. The average molecular weight is 712 g/mol. The van der Waals surface area contributed by atoms with E-state index < -0.39 is 118 Å². The topological polar surface area (TPSA) is 215 Å². The summed E-state index contributed by atoms with van der Waals surface area (Å²) in [6.07, 6.45) is 3.99. The molecular weight excluding hydrogens is 666 g/mol. The van der Waals surface area contributed by atoms with Gasteiger partial charge in [-0.1, -0.05) is 45.9 Å². The molecule has 14 nitrogen and oxygen atoms in total. The van der Waals surface area contributed by atoms with Gasteiger partial charge in [0.2, 0.25) is 5.78 Å². The number of ketones is 3. The lowest BCUT2D eigenvalue weighted by atomic mass is 9.78. The highest BCUT2D eigenvalue weighted by Crippen LogP contribution is 2.48. The van der Waals surface area contributed by atoms with Crippen LogP contribution in [0.4, 0.5) is 0 Å². The Hall–Kier alpha value is -4.63. The zero-order valence-corrected chi connectivity index (χ0v) is 29.8. The molecule has 276 valence electrons. The fourth-order valence-electron chi connectivity index (χ4n) is 6.68. The summed E-state index contributed by atoms with van der Waals surface area (Å²) in [5, 5.41) is 46.2. The molecule has 0 radical (unpaired) electrons. The van der Waals surface area contributed by atoms with E-state index in [0.717, 1.165) is 12.3 Å². The maximum absolute atomic E-state index is 13.9. The number of allylic oxidation sites excluding steroid dienone is 4. The summed E-state index contributed by atoms with van der Waals surface area (Å²) >= 11 is 0. The smallest absolute Gasteiger partial charge is 0.312 e. The molecule has 14 heteroatoms. The molecule has 1 aromatic rings. The van der Waals surface area contributed by atoms with Gasteiger partial charge in [-0.25, -0.2) is 0 Å². The van der Waals surface area contributed by atoms with Crippen LogP contribution in [0.2, 0.25) is 0 Å². The maximum Gasteiger partial charge on any atom is 0.312 e. The van der Waals surface area contributed by atoms with Crippen LogP contribution in [0.25, 0.3) is 0 Å². The normalized spacial score (nSPS) is 34.0. The highest BCUT2D eigenvalue weighted by molar-refractivity contribution is 6.30. The first kappa shape index (κ1) is 39.2. The molecule has 9 atom stereocenters. The lowest BCUT2D eigenvalue weighted by Gasteiger charge is -2.38. The minimum absolute atomic E-state index is 0.112. The largest absolute Gasteiger partial charge is 0.507 e. The number of fused-ring (bicyclic) bond motifs is 14. The molecule has 0 saturated heterocycles. The van der Waals surface area contributed by atoms with E-state index in [0.29, 0.717) is 0 Å². The molecule has 1 amide bonds. The summed E-state index contributed by atoms with van der Waals surface area (Å²) in [4.78, 5) is 66.3. The van der Waals surface area contributed by atoms with Crippen molar-refractivity contribution < 1.29 is 63.3 Å². The summed E-state index contributed by atoms with van der Waals surface area (Å²) in [7, 11) is 1.40. The molecule has 0 aromatic heterocycles. The Kier molecular flexibility index (Phi) is 11.8. The van der Waals surface area contributed by atoms with E-state index in [1.807, 2.05) is 0 Å². The minimum Gasteiger partial charge on any atom is -0.507 e. The van der Waals surface area contributed by atoms with Crippen LogP contribution in [0.3, 0.4) is 0 Å². The van der Waals surface area contributed by atoms with Crippen molar-refractivity contribution in [2.75, 3.05) is 7.11 Å². The van der Waals surface area contributed by atoms with E-state index in [2.05, 4.69) is 5.32 Å². The predicted octanol–water partition coefficient (Wildman–Crippen LogP) is 2.81. The molecular formula is C37H45NO13. The van der Waals surface area contributed by atoms with Gasteiger partial charge < -0.3 is 44.7 Å². The lowest BCUT2D eigenvalue weighted by molar-refractivity contribution is -0.160. The fourth-order valence-corrected chi connectivity index (χ4v) is 6.68. The number of Topliss-reactive ketones (excluding diaryl/α,β-unsaturated/α-hetero) is 2. The summed E-state index contributed by atoms with van der Waals surface area (Å²) in [6, 6.07) is 0. The number of carbonyl (C=O) groups excluding carboxylic acids is 5. The number of benzene rings is 1. The molecule has 51 heavy (non-hydrogen) atoms. The molecule has 4 aliphatic rings. The van der Waals surface area contributed by atoms with Crippen molar-refractivity contribution in [2.24, 2.45) is 23.7 Å². The summed E-state index contributed by atoms with van der Waals surface area (Å²) < 4.78 is 22.9. The Morgan fingerprint density at radius 1 is 0.980 bits per heavy atom. The lowest BCUT2D eigenvalue weighted by Crippen LogP contribution is -2.46. The van der Waals surface area contributed by atoms with Gasteiger partial charge in [-0.2, -0.15) is 0 Å². The molecule has 1 aliphatic carbocycles. The third-order valence-electron chi connectivity index (χ3n) is 9.82. The van der Waals surface area contributed by atoms with Gasteiger partial charge in [0.05, 0.1) is 59.1 Å². The number of rotatable bonds is 3. The molecule has 3 aliphatic heterocycles. The molecule has 0 saturated carbocycles. The summed E-state index contributed by atoms with van der Waals surface area (Å²) in [6.45, 7) is 9.81. The van der Waals surface area contributed by atoms with Crippen LogP contribution < -0.4 is 10.1 Å². The number of carbonyl (C=O) groups is 5. The molecule has 5 rings (SSSR count). The maximum atomic E-state index is 13.9. The van der Waals surface area contributed by atoms with Gasteiger partial charge in [-0.3, -0.25) is 24.0 Å². The number of esters is 1. The van der Waals surface area contributed by atoms with Gasteiger partial charge in [0.15, 0.2) is 5.78 Å². The number of hydrogen-bond donors (Lipinski definition) is 5. The number of phenols is 1. The number of hydrogen-bond acceptors (Lipinski definition) is 13. The molecule has 0 unspecified atom stereocenters. The summed E-state index contributed by atoms with van der Waals surface area (Å²) in [5.74, 6) is -9.97. The first-order chi connectivity index (χ1) is 23.9. The van der Waals surface area contributed by atoms with Gasteiger partial charge >= 0.3 is 11.8 Å². The van der Waals surface area contributed by atoms with Crippen LogP contribution in [-0.2, 0) is 30.4 Å². The predicted molar refractivity (Wildman–Crippen MR) is 180 cm³/mol. The van der Waals surface area contributed by atoms with Crippen molar-refractivity contribution in [2.45, 2.75) is 85.3 Å². The second kappa shape index (κ2) is 15.3. The molecule has 0 spiro atoms.